The van der Waals surface area contributed by atoms with E-state index in [0.717, 1.165) is 16.8 Å². The number of hydrogen-bond donors (Lipinski definition) is 0. The van der Waals surface area contributed by atoms with E-state index < -0.39 is 24.5 Å². The quantitative estimate of drug-likeness (QED) is 0.382. The number of amides is 1. The Morgan fingerprint density at radius 3 is 2.43 bits per heavy atom. The lowest BCUT2D eigenvalue weighted by Gasteiger charge is -2.19. The number of rotatable bonds is 6. The number of benzene rings is 2. The molecule has 1 unspecified atom stereocenters. The lowest BCUT2D eigenvalue weighted by molar-refractivity contribution is -0.136. The number of ether oxygens (including phenoxy) is 1. The Bertz CT molecular complexity index is 1370. The number of carbonyl (C=O) groups excluding carboxylic acids is 2. The lowest BCUT2D eigenvalue weighted by Crippen LogP contribution is -2.31. The van der Waals surface area contributed by atoms with Gasteiger partial charge in [0.2, 0.25) is 0 Å². The number of nitrogens with zero attached hydrogens (tertiary/aromatic N) is 4. The second-order valence-electron chi connectivity index (χ2n) is 8.19. The largest absolute Gasteiger partial charge is 0.467 e. The number of hydrazone groups is 1. The molecular weight excluding hydrogens is 448 g/mol. The van der Waals surface area contributed by atoms with E-state index in [4.69, 9.17) is 13.7 Å². The minimum atomic E-state index is -0.622. The van der Waals surface area contributed by atoms with Crippen LogP contribution in [0.25, 0.3) is 11.5 Å². The fourth-order valence-corrected chi connectivity index (χ4v) is 3.80. The zero-order valence-corrected chi connectivity index (χ0v) is 19.2. The van der Waals surface area contributed by atoms with Crippen LogP contribution >= 0.6 is 0 Å². The Morgan fingerprint density at radius 1 is 1.03 bits per heavy atom. The molecule has 0 aliphatic carbocycles. The molecule has 9 heteroatoms. The van der Waals surface area contributed by atoms with Gasteiger partial charge in [0, 0.05) is 12.0 Å². The lowest BCUT2D eigenvalue weighted by atomic mass is 10.0. The van der Waals surface area contributed by atoms with Crippen molar-refractivity contribution in [3.63, 3.8) is 0 Å². The van der Waals surface area contributed by atoms with Crippen LogP contribution in [0.3, 0.4) is 0 Å². The topological polar surface area (TPSA) is 111 Å². The van der Waals surface area contributed by atoms with Gasteiger partial charge >= 0.3 is 5.97 Å². The smallest absolute Gasteiger partial charge is 0.338 e. The van der Waals surface area contributed by atoms with Crippen LogP contribution in [0.2, 0.25) is 0 Å². The predicted octanol–water partition coefficient (Wildman–Crippen LogP) is 4.48. The fraction of sp³-hybridized carbons (Fsp3) is 0.192. The Kier molecular flexibility index (Phi) is 5.97. The molecule has 1 amide bonds. The van der Waals surface area contributed by atoms with Gasteiger partial charge in [-0.15, -0.1) is 0 Å². The summed E-state index contributed by atoms with van der Waals surface area (Å²) < 4.78 is 16.0. The molecule has 0 fully saturated rings. The molecule has 1 aliphatic rings. The Hall–Kier alpha value is -4.53. The molecule has 0 N–H and O–H groups in total. The summed E-state index contributed by atoms with van der Waals surface area (Å²) in [6.45, 7) is 3.28. The molecule has 35 heavy (non-hydrogen) atoms. The molecule has 0 saturated carbocycles. The molecule has 0 spiro atoms. The average molecular weight is 470 g/mol. The maximum absolute atomic E-state index is 13.0. The standard InChI is InChI=1S/C26H22N4O5/c1-16-5-7-18(8-6-16)21-14-22(23-4-3-13-33-23)30(28-21)24(31)15-34-26(32)20-11-9-19(10-12-20)25-27-17(2)29-35-25/h3-13,22H,14-15H2,1-2H3. The molecule has 0 radical (unpaired) electrons. The number of furan rings is 1. The Labute approximate surface area is 201 Å². The first-order valence-electron chi connectivity index (χ1n) is 11.1. The van der Waals surface area contributed by atoms with Gasteiger partial charge in [-0.25, -0.2) is 9.80 Å². The minimum Gasteiger partial charge on any atom is -0.467 e. The van der Waals surface area contributed by atoms with E-state index >= 15 is 0 Å². The minimum absolute atomic E-state index is 0.297. The van der Waals surface area contributed by atoms with Crippen LogP contribution in [-0.2, 0) is 9.53 Å². The van der Waals surface area contributed by atoms with Crippen LogP contribution < -0.4 is 0 Å². The van der Waals surface area contributed by atoms with Crippen molar-refractivity contribution in [1.29, 1.82) is 0 Å². The highest BCUT2D eigenvalue weighted by atomic mass is 16.5. The molecule has 0 bridgehead atoms. The summed E-state index contributed by atoms with van der Waals surface area (Å²) in [6, 6.07) is 17.6. The molecule has 1 aliphatic heterocycles. The van der Waals surface area contributed by atoms with Crippen molar-refractivity contribution in [3.8, 4) is 11.5 Å². The number of aromatic nitrogens is 2. The normalized spacial score (nSPS) is 15.2. The summed E-state index contributed by atoms with van der Waals surface area (Å²) in [5, 5.41) is 9.64. The van der Waals surface area contributed by atoms with E-state index in [1.54, 1.807) is 49.6 Å². The van der Waals surface area contributed by atoms with Crippen LogP contribution in [0.4, 0.5) is 0 Å². The molecule has 0 saturated heterocycles. The van der Waals surface area contributed by atoms with Crippen molar-refractivity contribution in [2.45, 2.75) is 26.3 Å². The zero-order valence-electron chi connectivity index (χ0n) is 19.2. The maximum atomic E-state index is 13.0. The van der Waals surface area contributed by atoms with E-state index in [1.165, 1.54) is 5.01 Å². The van der Waals surface area contributed by atoms with Crippen LogP contribution in [-0.4, -0.2) is 39.3 Å². The van der Waals surface area contributed by atoms with E-state index in [0.29, 0.717) is 35.0 Å². The van der Waals surface area contributed by atoms with Crippen molar-refractivity contribution in [3.05, 3.63) is 95.2 Å². The van der Waals surface area contributed by atoms with Gasteiger partial charge in [-0.3, -0.25) is 4.79 Å². The highest BCUT2D eigenvalue weighted by Crippen LogP contribution is 2.33. The van der Waals surface area contributed by atoms with Crippen molar-refractivity contribution < 1.29 is 23.3 Å². The third kappa shape index (κ3) is 4.74. The molecule has 3 heterocycles. The van der Waals surface area contributed by atoms with Crippen molar-refractivity contribution in [1.82, 2.24) is 15.1 Å². The number of carbonyl (C=O) groups is 2. The molecule has 1 atom stereocenters. The maximum Gasteiger partial charge on any atom is 0.338 e. The van der Waals surface area contributed by atoms with E-state index in [1.807, 2.05) is 31.2 Å². The molecular formula is C26H22N4O5. The summed E-state index contributed by atoms with van der Waals surface area (Å²) in [6.07, 6.45) is 2.05. The van der Waals surface area contributed by atoms with Crippen LogP contribution in [0.15, 0.2) is 81.0 Å². The molecule has 5 rings (SSSR count). The van der Waals surface area contributed by atoms with Gasteiger partial charge in [0.1, 0.15) is 11.8 Å². The Balaban J connectivity index is 1.28. The highest BCUT2D eigenvalue weighted by molar-refractivity contribution is 6.03. The van der Waals surface area contributed by atoms with Gasteiger partial charge in [-0.1, -0.05) is 35.0 Å². The van der Waals surface area contributed by atoms with Gasteiger partial charge < -0.3 is 13.7 Å². The molecule has 2 aromatic carbocycles. The second kappa shape index (κ2) is 9.38. The van der Waals surface area contributed by atoms with E-state index in [2.05, 4.69) is 15.2 Å². The predicted molar refractivity (Wildman–Crippen MR) is 125 cm³/mol. The van der Waals surface area contributed by atoms with Crippen molar-refractivity contribution in [2.75, 3.05) is 6.61 Å². The summed E-state index contributed by atoms with van der Waals surface area (Å²) >= 11 is 0. The first kappa shape index (κ1) is 22.3. The summed E-state index contributed by atoms with van der Waals surface area (Å²) in [4.78, 5) is 29.7. The van der Waals surface area contributed by atoms with E-state index in [-0.39, 0.29) is 0 Å². The van der Waals surface area contributed by atoms with E-state index in [9.17, 15) is 9.59 Å². The summed E-state index contributed by atoms with van der Waals surface area (Å²) in [5.41, 5.74) is 3.80. The van der Waals surface area contributed by atoms with Crippen molar-refractivity contribution >= 4 is 17.6 Å². The number of aryl methyl sites for hydroxylation is 2. The summed E-state index contributed by atoms with van der Waals surface area (Å²) in [7, 11) is 0. The van der Waals surface area contributed by atoms with Gasteiger partial charge in [0.15, 0.2) is 12.4 Å². The van der Waals surface area contributed by atoms with Gasteiger partial charge in [0.25, 0.3) is 11.8 Å². The number of hydrogen-bond acceptors (Lipinski definition) is 8. The molecule has 176 valence electrons. The van der Waals surface area contributed by atoms with Crippen LogP contribution in [0.5, 0.6) is 0 Å². The monoisotopic (exact) mass is 470 g/mol. The highest BCUT2D eigenvalue weighted by Gasteiger charge is 2.35. The second-order valence-corrected chi connectivity index (χ2v) is 8.19. The van der Waals surface area contributed by atoms with Gasteiger partial charge in [0.05, 0.1) is 17.5 Å². The third-order valence-corrected chi connectivity index (χ3v) is 5.64. The van der Waals surface area contributed by atoms with Crippen LogP contribution in [0.1, 0.15) is 45.5 Å². The average Bonchev–Trinajstić information content (AvgIpc) is 3.63. The van der Waals surface area contributed by atoms with Crippen LogP contribution in [0, 0.1) is 13.8 Å². The van der Waals surface area contributed by atoms with Gasteiger partial charge in [-0.2, -0.15) is 10.1 Å². The molecule has 4 aromatic rings. The first-order valence-corrected chi connectivity index (χ1v) is 11.1. The number of esters is 1. The zero-order chi connectivity index (χ0) is 24.4. The van der Waals surface area contributed by atoms with Crippen molar-refractivity contribution in [2.24, 2.45) is 5.10 Å². The molecule has 9 nitrogen and oxygen atoms in total. The molecule has 2 aromatic heterocycles. The third-order valence-electron chi connectivity index (χ3n) is 5.64. The SMILES string of the molecule is Cc1ccc(C2=NN(C(=O)COC(=O)c3ccc(-c4nc(C)no4)cc3)C(c3ccco3)C2)cc1. The fourth-order valence-electron chi connectivity index (χ4n) is 3.80. The summed E-state index contributed by atoms with van der Waals surface area (Å²) in [5.74, 6) is 0.424. The van der Waals surface area contributed by atoms with Gasteiger partial charge in [-0.05, 0) is 55.8 Å². The Morgan fingerprint density at radius 2 is 1.77 bits per heavy atom. The first-order chi connectivity index (χ1) is 17.0.